The Labute approximate surface area is 129 Å². The Balaban J connectivity index is 1.84. The number of hydrogen-bond donors (Lipinski definition) is 1. The molecule has 1 fully saturated rings. The van der Waals surface area contributed by atoms with Crippen molar-refractivity contribution < 1.29 is 4.74 Å². The lowest BCUT2D eigenvalue weighted by Crippen LogP contribution is -2.20. The van der Waals surface area contributed by atoms with Crippen molar-refractivity contribution in [3.8, 4) is 0 Å². The summed E-state index contributed by atoms with van der Waals surface area (Å²) in [5.41, 5.74) is 1.10. The van der Waals surface area contributed by atoms with E-state index in [0.29, 0.717) is 0 Å². The van der Waals surface area contributed by atoms with E-state index in [4.69, 9.17) is 4.74 Å². The van der Waals surface area contributed by atoms with Gasteiger partial charge in [0.05, 0.1) is 5.69 Å². The van der Waals surface area contributed by atoms with E-state index < -0.39 is 0 Å². The second-order valence-electron chi connectivity index (χ2n) is 6.43. The zero-order valence-electron chi connectivity index (χ0n) is 13.9. The molecule has 1 saturated carbocycles. The van der Waals surface area contributed by atoms with Crippen LogP contribution < -0.4 is 5.32 Å². The minimum absolute atomic E-state index is 0.799. The maximum atomic E-state index is 5.09. The van der Waals surface area contributed by atoms with E-state index in [9.17, 15) is 0 Å². The van der Waals surface area contributed by atoms with E-state index in [0.717, 1.165) is 49.6 Å². The maximum Gasteiger partial charge on any atom is 0.203 e. The van der Waals surface area contributed by atoms with Crippen molar-refractivity contribution in [3.63, 3.8) is 0 Å². The summed E-state index contributed by atoms with van der Waals surface area (Å²) in [6.07, 6.45) is 10.1. The van der Waals surface area contributed by atoms with Crippen LogP contribution in [0.2, 0.25) is 0 Å². The highest BCUT2D eigenvalue weighted by atomic mass is 16.5. The summed E-state index contributed by atoms with van der Waals surface area (Å²) in [5.74, 6) is 2.82. The number of ether oxygens (including phenoxy) is 1. The minimum atomic E-state index is 0.799. The third-order valence-electron chi connectivity index (χ3n) is 4.70. The Hall–Kier alpha value is -1.03. The van der Waals surface area contributed by atoms with E-state index in [1.165, 1.54) is 32.1 Å². The fraction of sp³-hybridized carbons (Fsp3) is 0.824. The molecule has 1 aromatic heterocycles. The van der Waals surface area contributed by atoms with Gasteiger partial charge in [-0.1, -0.05) is 26.2 Å². The van der Waals surface area contributed by atoms with E-state index in [2.05, 4.69) is 34.9 Å². The zero-order valence-corrected chi connectivity index (χ0v) is 13.9. The zero-order chi connectivity index (χ0) is 15.1. The molecule has 0 saturated heterocycles. The van der Waals surface area contributed by atoms with Crippen molar-refractivity contribution in [2.75, 3.05) is 25.6 Å². The monoisotopic (exact) mass is 293 g/mol. The number of hydrogen-bond acceptors (Lipinski definition) is 3. The summed E-state index contributed by atoms with van der Waals surface area (Å²) in [6, 6.07) is 0. The Kier molecular flexibility index (Phi) is 6.55. The first-order valence-corrected chi connectivity index (χ1v) is 8.49. The Bertz CT molecular complexity index is 408. The van der Waals surface area contributed by atoms with E-state index in [1.54, 1.807) is 7.11 Å². The third kappa shape index (κ3) is 5.03. The van der Waals surface area contributed by atoms with E-state index >= 15 is 0 Å². The van der Waals surface area contributed by atoms with Crippen molar-refractivity contribution in [1.29, 1.82) is 0 Å². The summed E-state index contributed by atoms with van der Waals surface area (Å²) < 4.78 is 7.41. The summed E-state index contributed by atoms with van der Waals surface area (Å²) in [6.45, 7) is 7.24. The van der Waals surface area contributed by atoms with Crippen molar-refractivity contribution in [2.45, 2.75) is 58.9 Å². The van der Waals surface area contributed by atoms with Gasteiger partial charge < -0.3 is 14.6 Å². The molecule has 1 aliphatic carbocycles. The highest BCUT2D eigenvalue weighted by Crippen LogP contribution is 2.32. The van der Waals surface area contributed by atoms with Crippen LogP contribution in [0.5, 0.6) is 0 Å². The summed E-state index contributed by atoms with van der Waals surface area (Å²) in [5, 5.41) is 3.45. The van der Waals surface area contributed by atoms with Crippen LogP contribution in [0.4, 0.5) is 5.95 Å². The van der Waals surface area contributed by atoms with Crippen molar-refractivity contribution in [3.05, 3.63) is 11.9 Å². The molecule has 0 unspecified atom stereocenters. The highest BCUT2D eigenvalue weighted by Gasteiger charge is 2.21. The molecule has 0 amide bonds. The lowest BCUT2D eigenvalue weighted by molar-refractivity contribution is 0.197. The van der Waals surface area contributed by atoms with E-state index in [1.807, 2.05) is 0 Å². The normalized spacial score (nSPS) is 22.4. The number of imidazole rings is 1. The molecule has 1 heterocycles. The molecule has 0 atom stereocenters. The summed E-state index contributed by atoms with van der Waals surface area (Å²) in [7, 11) is 1.75. The molecule has 0 aliphatic heterocycles. The lowest BCUT2D eigenvalue weighted by atomic mass is 9.81. The predicted octanol–water partition coefficient (Wildman–Crippen LogP) is 3.86. The summed E-state index contributed by atoms with van der Waals surface area (Å²) in [4.78, 5) is 4.62. The van der Waals surface area contributed by atoms with Crippen molar-refractivity contribution >= 4 is 5.95 Å². The Morgan fingerprint density at radius 3 is 2.67 bits per heavy atom. The second-order valence-corrected chi connectivity index (χ2v) is 6.43. The van der Waals surface area contributed by atoms with Gasteiger partial charge in [-0.3, -0.25) is 0 Å². The number of aryl methyl sites for hydroxylation is 1. The van der Waals surface area contributed by atoms with Gasteiger partial charge in [0, 0.05) is 33.0 Å². The molecule has 2 rings (SSSR count). The van der Waals surface area contributed by atoms with Crippen molar-refractivity contribution in [2.24, 2.45) is 11.8 Å². The van der Waals surface area contributed by atoms with Gasteiger partial charge in [0.1, 0.15) is 0 Å². The largest absolute Gasteiger partial charge is 0.385 e. The second kappa shape index (κ2) is 8.42. The van der Waals surface area contributed by atoms with Gasteiger partial charge in [0.25, 0.3) is 0 Å². The van der Waals surface area contributed by atoms with Crippen LogP contribution in [-0.2, 0) is 11.3 Å². The highest BCUT2D eigenvalue weighted by molar-refractivity contribution is 5.28. The molecule has 0 spiro atoms. The first-order chi connectivity index (χ1) is 10.2. The van der Waals surface area contributed by atoms with Gasteiger partial charge in [-0.25, -0.2) is 4.98 Å². The lowest BCUT2D eigenvalue weighted by Gasteiger charge is -2.28. The quantitative estimate of drug-likeness (QED) is 0.740. The van der Waals surface area contributed by atoms with Gasteiger partial charge in [-0.15, -0.1) is 0 Å². The molecule has 1 aromatic rings. The Morgan fingerprint density at radius 2 is 2.00 bits per heavy atom. The SMILES string of the molecule is CCC1CCC(Cn2cc(C)nc2NCCCOC)CC1. The molecule has 0 aromatic carbocycles. The third-order valence-corrected chi connectivity index (χ3v) is 4.70. The molecule has 4 heteroatoms. The minimum Gasteiger partial charge on any atom is -0.385 e. The van der Waals surface area contributed by atoms with E-state index in [-0.39, 0.29) is 0 Å². The van der Waals surface area contributed by atoms with Crippen LogP contribution >= 0.6 is 0 Å². The summed E-state index contributed by atoms with van der Waals surface area (Å²) >= 11 is 0. The standard InChI is InChI=1S/C17H31N3O/c1-4-15-6-8-16(9-7-15)13-20-12-14(2)19-17(20)18-10-5-11-21-3/h12,15-16H,4-11,13H2,1-3H3,(H,18,19). The maximum absolute atomic E-state index is 5.09. The number of methoxy groups -OCH3 is 1. The molecule has 4 nitrogen and oxygen atoms in total. The van der Waals surface area contributed by atoms with Crippen LogP contribution in [0, 0.1) is 18.8 Å². The first-order valence-electron chi connectivity index (χ1n) is 8.49. The number of nitrogens with one attached hydrogen (secondary N) is 1. The number of rotatable bonds is 8. The van der Waals surface area contributed by atoms with Crippen LogP contribution in [0.15, 0.2) is 6.20 Å². The van der Waals surface area contributed by atoms with Gasteiger partial charge in [0.2, 0.25) is 5.95 Å². The van der Waals surface area contributed by atoms with Gasteiger partial charge >= 0.3 is 0 Å². The number of anilines is 1. The van der Waals surface area contributed by atoms with Crippen LogP contribution in [0.25, 0.3) is 0 Å². The van der Waals surface area contributed by atoms with Gasteiger partial charge in [-0.05, 0) is 38.0 Å². The molecular weight excluding hydrogens is 262 g/mol. The Morgan fingerprint density at radius 1 is 1.29 bits per heavy atom. The average molecular weight is 293 g/mol. The molecule has 120 valence electrons. The first kappa shape index (κ1) is 16.3. The van der Waals surface area contributed by atoms with Crippen LogP contribution in [0.3, 0.4) is 0 Å². The molecular formula is C17H31N3O. The molecule has 0 radical (unpaired) electrons. The average Bonchev–Trinajstić information content (AvgIpc) is 2.84. The number of nitrogens with zero attached hydrogens (tertiary/aromatic N) is 2. The predicted molar refractivity (Wildman–Crippen MR) is 87.7 cm³/mol. The molecule has 21 heavy (non-hydrogen) atoms. The van der Waals surface area contributed by atoms with Gasteiger partial charge in [-0.2, -0.15) is 0 Å². The van der Waals surface area contributed by atoms with Gasteiger partial charge in [0.15, 0.2) is 0 Å². The topological polar surface area (TPSA) is 39.1 Å². The molecule has 0 bridgehead atoms. The fourth-order valence-electron chi connectivity index (χ4n) is 3.34. The molecule has 1 N–H and O–H groups in total. The van der Waals surface area contributed by atoms with Crippen LogP contribution in [-0.4, -0.2) is 29.8 Å². The van der Waals surface area contributed by atoms with Crippen molar-refractivity contribution in [1.82, 2.24) is 9.55 Å². The number of aromatic nitrogens is 2. The smallest absolute Gasteiger partial charge is 0.203 e. The molecule has 1 aliphatic rings. The van der Waals surface area contributed by atoms with Crippen LogP contribution in [0.1, 0.15) is 51.1 Å². The fourth-order valence-corrected chi connectivity index (χ4v) is 3.34.